The Morgan fingerprint density at radius 1 is 1.25 bits per heavy atom. The summed E-state index contributed by atoms with van der Waals surface area (Å²) in [6, 6.07) is 0.513. The van der Waals surface area contributed by atoms with E-state index in [1.165, 1.54) is 12.8 Å². The highest BCUT2D eigenvalue weighted by atomic mass is 16.5. The van der Waals surface area contributed by atoms with E-state index in [-0.39, 0.29) is 29.4 Å². The average Bonchev–Trinajstić information content (AvgIpc) is 3.00. The van der Waals surface area contributed by atoms with Crippen LogP contribution in [0.1, 0.15) is 51.9 Å². The summed E-state index contributed by atoms with van der Waals surface area (Å²) in [5.41, 5.74) is 0.233. The molecule has 0 aromatic heterocycles. The van der Waals surface area contributed by atoms with Crippen LogP contribution in [0, 0.1) is 11.3 Å². The van der Waals surface area contributed by atoms with Gasteiger partial charge in [0.1, 0.15) is 0 Å². The molecule has 6 heteroatoms. The van der Waals surface area contributed by atoms with Crippen LogP contribution in [0.3, 0.4) is 0 Å². The number of rotatable bonds is 3. The van der Waals surface area contributed by atoms with Crippen molar-refractivity contribution in [3.63, 3.8) is 0 Å². The van der Waals surface area contributed by atoms with Gasteiger partial charge in [0.25, 0.3) is 0 Å². The molecule has 2 heterocycles. The first kappa shape index (κ1) is 16.2. The van der Waals surface area contributed by atoms with Crippen molar-refractivity contribution >= 4 is 11.9 Å². The molecule has 3 amide bonds. The molecule has 4 rings (SSSR count). The van der Waals surface area contributed by atoms with E-state index in [9.17, 15) is 9.59 Å². The molecular formula is C18H29N3O3. The summed E-state index contributed by atoms with van der Waals surface area (Å²) >= 11 is 0. The topological polar surface area (TPSA) is 70.7 Å². The van der Waals surface area contributed by atoms with Gasteiger partial charge < -0.3 is 20.3 Å². The van der Waals surface area contributed by atoms with Gasteiger partial charge in [0.15, 0.2) is 0 Å². The molecule has 0 aromatic carbocycles. The molecule has 24 heavy (non-hydrogen) atoms. The second-order valence-corrected chi connectivity index (χ2v) is 8.26. The number of hydrogen-bond acceptors (Lipinski definition) is 3. The molecule has 2 aliphatic carbocycles. The number of carbonyl (C=O) groups excluding carboxylic acids is 2. The zero-order valence-electron chi connectivity index (χ0n) is 14.6. The predicted molar refractivity (Wildman–Crippen MR) is 89.5 cm³/mol. The summed E-state index contributed by atoms with van der Waals surface area (Å²) in [5, 5.41) is 6.26. The summed E-state index contributed by atoms with van der Waals surface area (Å²) in [5.74, 6) is 0.810. The number of hydrogen-bond donors (Lipinski definition) is 2. The molecule has 6 nitrogen and oxygen atoms in total. The fraction of sp³-hybridized carbons (Fsp3) is 0.889. The second-order valence-electron chi connectivity index (χ2n) is 8.26. The van der Waals surface area contributed by atoms with Crippen LogP contribution in [-0.2, 0) is 9.53 Å². The lowest BCUT2D eigenvalue weighted by Crippen LogP contribution is -2.52. The highest BCUT2D eigenvalue weighted by Gasteiger charge is 2.46. The minimum atomic E-state index is -0.101. The van der Waals surface area contributed by atoms with Gasteiger partial charge in [0.2, 0.25) is 5.91 Å². The van der Waals surface area contributed by atoms with Crippen LogP contribution in [0.25, 0.3) is 0 Å². The van der Waals surface area contributed by atoms with Crippen molar-refractivity contribution in [2.75, 3.05) is 19.8 Å². The van der Waals surface area contributed by atoms with Crippen LogP contribution in [0.15, 0.2) is 0 Å². The van der Waals surface area contributed by atoms with Crippen LogP contribution in [0.2, 0.25) is 0 Å². The summed E-state index contributed by atoms with van der Waals surface area (Å²) < 4.78 is 5.51. The Hall–Kier alpha value is -1.30. The van der Waals surface area contributed by atoms with Gasteiger partial charge in [-0.1, -0.05) is 13.3 Å². The smallest absolute Gasteiger partial charge is 0.315 e. The van der Waals surface area contributed by atoms with Crippen LogP contribution < -0.4 is 10.6 Å². The Morgan fingerprint density at radius 2 is 2.00 bits per heavy atom. The molecule has 0 unspecified atom stereocenters. The van der Waals surface area contributed by atoms with E-state index < -0.39 is 0 Å². The number of ether oxygens (including phenoxy) is 1. The highest BCUT2D eigenvalue weighted by Crippen LogP contribution is 2.46. The summed E-state index contributed by atoms with van der Waals surface area (Å²) in [4.78, 5) is 26.5. The first-order valence-electron chi connectivity index (χ1n) is 9.52. The van der Waals surface area contributed by atoms with Crippen LogP contribution >= 0.6 is 0 Å². The first-order valence-corrected chi connectivity index (χ1v) is 9.52. The maximum Gasteiger partial charge on any atom is 0.315 e. The van der Waals surface area contributed by atoms with Gasteiger partial charge in [-0.15, -0.1) is 0 Å². The maximum atomic E-state index is 12.5. The van der Waals surface area contributed by atoms with Crippen molar-refractivity contribution in [3.05, 3.63) is 0 Å². The molecule has 0 aromatic rings. The zero-order valence-corrected chi connectivity index (χ0v) is 14.6. The minimum absolute atomic E-state index is 0.0441. The van der Waals surface area contributed by atoms with Gasteiger partial charge in [-0.25, -0.2) is 4.79 Å². The van der Waals surface area contributed by atoms with E-state index >= 15 is 0 Å². The molecule has 1 spiro atoms. The number of nitrogens with zero attached hydrogens (tertiary/aromatic N) is 1. The Bertz CT molecular complexity index is 518. The largest absolute Gasteiger partial charge is 0.381 e. The first-order chi connectivity index (χ1) is 11.6. The van der Waals surface area contributed by atoms with Crippen molar-refractivity contribution in [2.24, 2.45) is 11.3 Å². The van der Waals surface area contributed by atoms with Gasteiger partial charge in [0.05, 0.1) is 6.04 Å². The molecule has 0 bridgehead atoms. The van der Waals surface area contributed by atoms with Gasteiger partial charge in [-0.2, -0.15) is 0 Å². The van der Waals surface area contributed by atoms with Crippen molar-refractivity contribution in [2.45, 2.75) is 70.0 Å². The fourth-order valence-electron chi connectivity index (χ4n) is 5.01. The Kier molecular flexibility index (Phi) is 4.19. The fourth-order valence-corrected chi connectivity index (χ4v) is 5.01. The molecule has 2 saturated carbocycles. The highest BCUT2D eigenvalue weighted by molar-refractivity contribution is 5.82. The Balaban J connectivity index is 1.30. The summed E-state index contributed by atoms with van der Waals surface area (Å²) in [7, 11) is 0. The Morgan fingerprint density at radius 3 is 2.71 bits per heavy atom. The van der Waals surface area contributed by atoms with Gasteiger partial charge >= 0.3 is 6.03 Å². The lowest BCUT2D eigenvalue weighted by Gasteiger charge is -2.39. The third-order valence-electron chi connectivity index (χ3n) is 6.66. The molecule has 4 atom stereocenters. The van der Waals surface area contributed by atoms with Crippen molar-refractivity contribution in [3.8, 4) is 0 Å². The van der Waals surface area contributed by atoms with Gasteiger partial charge in [-0.3, -0.25) is 4.79 Å². The molecule has 0 radical (unpaired) electrons. The van der Waals surface area contributed by atoms with E-state index in [0.29, 0.717) is 24.9 Å². The van der Waals surface area contributed by atoms with Crippen LogP contribution in [0.5, 0.6) is 0 Å². The van der Waals surface area contributed by atoms with Crippen molar-refractivity contribution in [1.29, 1.82) is 0 Å². The third-order valence-corrected chi connectivity index (χ3v) is 6.66. The zero-order chi connectivity index (χ0) is 16.7. The summed E-state index contributed by atoms with van der Waals surface area (Å²) in [6.07, 6.45) is 7.08. The molecular weight excluding hydrogens is 306 g/mol. The normalized spacial score (nSPS) is 37.7. The number of amides is 3. The molecule has 2 saturated heterocycles. The molecule has 4 fully saturated rings. The van der Waals surface area contributed by atoms with E-state index in [1.54, 1.807) is 0 Å². The minimum Gasteiger partial charge on any atom is -0.381 e. The monoisotopic (exact) mass is 335 g/mol. The van der Waals surface area contributed by atoms with Crippen molar-refractivity contribution < 1.29 is 14.3 Å². The quantitative estimate of drug-likeness (QED) is 0.824. The average molecular weight is 335 g/mol. The standard InChI is InChI=1S/C18H29N3O3/c1-12-9-14(12)21-11-13(10-16(21)22)19-17(23)20-15-3-2-4-18(15)5-7-24-8-6-18/h12-15H,2-11H2,1H3,(H2,19,20,23)/t12-,13+,14+,15-/m1/s1. The number of carbonyl (C=O) groups is 2. The molecule has 2 aliphatic heterocycles. The molecule has 2 N–H and O–H groups in total. The van der Waals surface area contributed by atoms with E-state index in [0.717, 1.165) is 38.9 Å². The van der Waals surface area contributed by atoms with Gasteiger partial charge in [0, 0.05) is 38.3 Å². The van der Waals surface area contributed by atoms with Gasteiger partial charge in [-0.05, 0) is 43.4 Å². The predicted octanol–water partition coefficient (Wildman–Crippen LogP) is 1.64. The third kappa shape index (κ3) is 3.01. The van der Waals surface area contributed by atoms with E-state index in [2.05, 4.69) is 17.6 Å². The lowest BCUT2D eigenvalue weighted by molar-refractivity contribution is -0.128. The Labute approximate surface area is 143 Å². The number of urea groups is 1. The number of likely N-dealkylation sites (tertiary alicyclic amines) is 1. The molecule has 134 valence electrons. The second kappa shape index (κ2) is 6.21. The maximum absolute atomic E-state index is 12.5. The van der Waals surface area contributed by atoms with Crippen LogP contribution in [-0.4, -0.2) is 54.7 Å². The van der Waals surface area contributed by atoms with E-state index in [1.807, 2.05) is 4.90 Å². The van der Waals surface area contributed by atoms with Crippen molar-refractivity contribution in [1.82, 2.24) is 15.5 Å². The molecule has 4 aliphatic rings. The van der Waals surface area contributed by atoms with Crippen LogP contribution in [0.4, 0.5) is 4.79 Å². The lowest BCUT2D eigenvalue weighted by atomic mass is 9.75. The SMILES string of the molecule is C[C@@H]1C[C@@H]1N1C[C@@H](NC(=O)N[C@@H]2CCCC23CCOCC3)CC1=O. The summed E-state index contributed by atoms with van der Waals surface area (Å²) in [6.45, 7) is 4.47. The van der Waals surface area contributed by atoms with E-state index in [4.69, 9.17) is 4.74 Å². The number of nitrogens with one attached hydrogen (secondary N) is 2.